The molecular formula is C16H11F11N2O5. The van der Waals surface area contributed by atoms with Gasteiger partial charge in [-0.05, 0) is 12.1 Å². The average Bonchev–Trinajstić information content (AvgIpc) is 2.73. The van der Waals surface area contributed by atoms with E-state index >= 15 is 0 Å². The van der Waals surface area contributed by atoms with Crippen LogP contribution in [0.5, 0.6) is 5.75 Å². The zero-order chi connectivity index (χ0) is 26.7. The maximum Gasteiger partial charge on any atom is 0.460 e. The van der Waals surface area contributed by atoms with Gasteiger partial charge in [0.2, 0.25) is 5.83 Å². The van der Waals surface area contributed by atoms with Crippen LogP contribution >= 0.6 is 0 Å². The number of amides is 2. The van der Waals surface area contributed by atoms with Gasteiger partial charge in [0.1, 0.15) is 5.75 Å². The molecular weight excluding hydrogens is 509 g/mol. The fourth-order valence-electron chi connectivity index (χ4n) is 1.91. The fraction of sp³-hybridized carbons (Fsp3) is 0.375. The molecule has 192 valence electrons. The van der Waals surface area contributed by atoms with Crippen molar-refractivity contribution in [1.29, 1.82) is 0 Å². The normalized spacial score (nSPS) is 13.6. The van der Waals surface area contributed by atoms with E-state index in [1.54, 1.807) is 0 Å². The summed E-state index contributed by atoms with van der Waals surface area (Å²) in [5.74, 6) is -27.2. The Morgan fingerprint density at radius 2 is 1.24 bits per heavy atom. The fourth-order valence-corrected chi connectivity index (χ4v) is 1.91. The number of allylic oxidation sites excluding steroid dienone is 1. The van der Waals surface area contributed by atoms with Crippen LogP contribution in [-0.2, 0) is 9.47 Å². The van der Waals surface area contributed by atoms with Gasteiger partial charge in [-0.3, -0.25) is 10.6 Å². The number of carbonyl (C=O) groups excluding carboxylic acids is 2. The summed E-state index contributed by atoms with van der Waals surface area (Å²) in [6, 6.07) is -1.55. The van der Waals surface area contributed by atoms with Crippen molar-refractivity contribution in [1.82, 2.24) is 0 Å². The Kier molecular flexibility index (Phi) is 8.23. The monoisotopic (exact) mass is 520 g/mol. The smallest absolute Gasteiger partial charge is 0.453 e. The zero-order valence-electron chi connectivity index (χ0n) is 16.4. The average molecular weight is 520 g/mol. The highest BCUT2D eigenvalue weighted by molar-refractivity contribution is 5.95. The van der Waals surface area contributed by atoms with Gasteiger partial charge in [0.05, 0.1) is 25.6 Å². The van der Waals surface area contributed by atoms with Crippen LogP contribution in [0.3, 0.4) is 0 Å². The van der Waals surface area contributed by atoms with Crippen molar-refractivity contribution in [2.45, 2.75) is 23.9 Å². The molecule has 0 aliphatic rings. The maximum absolute atomic E-state index is 13.8. The summed E-state index contributed by atoms with van der Waals surface area (Å²) in [7, 11) is 1.78. The van der Waals surface area contributed by atoms with E-state index in [2.05, 4.69) is 14.2 Å². The van der Waals surface area contributed by atoms with E-state index in [4.69, 9.17) is 0 Å². The highest BCUT2D eigenvalue weighted by Crippen LogP contribution is 2.55. The number of rotatable bonds is 7. The molecule has 2 N–H and O–H groups in total. The minimum Gasteiger partial charge on any atom is -0.453 e. The molecule has 0 atom stereocenters. The first-order valence-electron chi connectivity index (χ1n) is 8.11. The first-order chi connectivity index (χ1) is 15.3. The predicted molar refractivity (Wildman–Crippen MR) is 89.3 cm³/mol. The lowest BCUT2D eigenvalue weighted by molar-refractivity contribution is -0.392. The number of benzene rings is 1. The molecule has 0 radical (unpaired) electrons. The van der Waals surface area contributed by atoms with Crippen LogP contribution in [0.25, 0.3) is 0 Å². The molecule has 0 aliphatic carbocycles. The highest BCUT2D eigenvalue weighted by atomic mass is 19.4. The summed E-state index contributed by atoms with van der Waals surface area (Å²) < 4.78 is 155. The van der Waals surface area contributed by atoms with Crippen molar-refractivity contribution >= 4 is 23.6 Å². The van der Waals surface area contributed by atoms with Crippen molar-refractivity contribution in [3.63, 3.8) is 0 Å². The Morgan fingerprint density at radius 3 is 1.68 bits per heavy atom. The Hall–Kier alpha value is -3.47. The molecule has 0 aliphatic heterocycles. The van der Waals surface area contributed by atoms with Crippen molar-refractivity contribution in [2.75, 3.05) is 24.9 Å². The van der Waals surface area contributed by atoms with Gasteiger partial charge in [0.25, 0.3) is 0 Å². The van der Waals surface area contributed by atoms with Crippen molar-refractivity contribution in [3.8, 4) is 5.75 Å². The molecule has 0 bridgehead atoms. The molecule has 0 fully saturated rings. The topological polar surface area (TPSA) is 85.9 Å². The van der Waals surface area contributed by atoms with Crippen molar-refractivity contribution in [2.24, 2.45) is 0 Å². The van der Waals surface area contributed by atoms with E-state index in [0.717, 1.165) is 20.3 Å². The minimum atomic E-state index is -7.48. The van der Waals surface area contributed by atoms with Crippen LogP contribution in [-0.4, -0.2) is 50.3 Å². The van der Waals surface area contributed by atoms with Gasteiger partial charge in [-0.15, -0.1) is 0 Å². The number of carbonyl (C=O) groups is 2. The number of halogens is 11. The van der Waals surface area contributed by atoms with E-state index in [-0.39, 0.29) is 5.69 Å². The van der Waals surface area contributed by atoms with Crippen LogP contribution in [0.4, 0.5) is 69.3 Å². The number of nitrogens with one attached hydrogen (secondary N) is 2. The molecule has 7 nitrogen and oxygen atoms in total. The lowest BCUT2D eigenvalue weighted by atomic mass is 10.0. The summed E-state index contributed by atoms with van der Waals surface area (Å²) >= 11 is 0. The highest BCUT2D eigenvalue weighted by Gasteiger charge is 2.83. The van der Waals surface area contributed by atoms with Crippen LogP contribution in [0.15, 0.2) is 30.0 Å². The van der Waals surface area contributed by atoms with Gasteiger partial charge in [-0.2, -0.15) is 48.3 Å². The molecule has 1 aromatic carbocycles. The Morgan fingerprint density at radius 1 is 0.765 bits per heavy atom. The number of alkyl halides is 9. The molecule has 0 unspecified atom stereocenters. The summed E-state index contributed by atoms with van der Waals surface area (Å²) in [4.78, 5) is 22.6. The number of hydrogen-bond acceptors (Lipinski definition) is 5. The van der Waals surface area contributed by atoms with E-state index in [0.29, 0.717) is 12.1 Å². The molecule has 1 aromatic rings. The van der Waals surface area contributed by atoms with Gasteiger partial charge < -0.3 is 14.2 Å². The molecule has 18 heteroatoms. The Bertz CT molecular complexity index is 963. The number of anilines is 2. The molecule has 0 saturated heterocycles. The maximum atomic E-state index is 13.8. The third-order valence-electron chi connectivity index (χ3n) is 3.64. The number of hydrogen-bond donors (Lipinski definition) is 2. The third-order valence-corrected chi connectivity index (χ3v) is 3.64. The van der Waals surface area contributed by atoms with Gasteiger partial charge in [0.15, 0.2) is 0 Å². The largest absolute Gasteiger partial charge is 0.460 e. The van der Waals surface area contributed by atoms with E-state index in [1.807, 2.05) is 10.6 Å². The van der Waals surface area contributed by atoms with Crippen LogP contribution in [0, 0.1) is 0 Å². The summed E-state index contributed by atoms with van der Waals surface area (Å²) in [6.45, 7) is 0. The second-order valence-corrected chi connectivity index (χ2v) is 5.85. The molecule has 0 saturated carbocycles. The molecule has 0 aromatic heterocycles. The molecule has 0 heterocycles. The van der Waals surface area contributed by atoms with Crippen molar-refractivity contribution in [3.05, 3.63) is 30.0 Å². The second-order valence-electron chi connectivity index (χ2n) is 5.85. The SMILES string of the molecule is COC(=O)Nc1ccc(OC(F)=C(F)C(F)(F)C(F)(F)C(F)(F)C(F)(F)F)cc1NC(=O)OC. The number of ether oxygens (including phenoxy) is 3. The second kappa shape index (κ2) is 9.80. The standard InChI is InChI=1S/C16H11F11N2O5/c1-32-11(30)28-7-4-3-6(5-8(7)29-12(31)33-2)34-10(18)9(17)13(19,20)14(21,22)15(23,24)16(25,26)27/h3-5H,1-2H3,(H,28,30)(H,29,31). The third kappa shape index (κ3) is 5.53. The molecule has 0 spiro atoms. The lowest BCUT2D eigenvalue weighted by Crippen LogP contribution is -2.61. The van der Waals surface area contributed by atoms with E-state index < -0.39 is 59.4 Å². The predicted octanol–water partition coefficient (Wildman–Crippen LogP) is 6.00. The Balaban J connectivity index is 3.40. The van der Waals surface area contributed by atoms with Gasteiger partial charge in [0, 0.05) is 6.07 Å². The quantitative estimate of drug-likeness (QED) is 0.341. The Labute approximate surface area is 181 Å². The van der Waals surface area contributed by atoms with Gasteiger partial charge in [-0.1, -0.05) is 0 Å². The van der Waals surface area contributed by atoms with Gasteiger partial charge in [-0.25, -0.2) is 9.59 Å². The lowest BCUT2D eigenvalue weighted by Gasteiger charge is -2.32. The minimum absolute atomic E-state index is 0.351. The number of methoxy groups -OCH3 is 2. The van der Waals surface area contributed by atoms with E-state index in [1.165, 1.54) is 0 Å². The van der Waals surface area contributed by atoms with Crippen LogP contribution < -0.4 is 15.4 Å². The van der Waals surface area contributed by atoms with Gasteiger partial charge >= 0.3 is 42.1 Å². The van der Waals surface area contributed by atoms with E-state index in [9.17, 15) is 57.9 Å². The molecule has 1 rings (SSSR count). The summed E-state index contributed by atoms with van der Waals surface area (Å²) in [6.07, 6.45) is -9.63. The zero-order valence-corrected chi connectivity index (χ0v) is 16.4. The first kappa shape index (κ1) is 28.6. The van der Waals surface area contributed by atoms with Crippen LogP contribution in [0.2, 0.25) is 0 Å². The summed E-state index contributed by atoms with van der Waals surface area (Å²) in [5, 5.41) is 3.88. The first-order valence-corrected chi connectivity index (χ1v) is 8.11. The molecule has 2 amide bonds. The molecule has 34 heavy (non-hydrogen) atoms. The van der Waals surface area contributed by atoms with Crippen molar-refractivity contribution < 1.29 is 72.1 Å². The van der Waals surface area contributed by atoms with Crippen LogP contribution in [0.1, 0.15) is 0 Å². The summed E-state index contributed by atoms with van der Waals surface area (Å²) in [5.41, 5.74) is -0.917.